The van der Waals surface area contributed by atoms with Gasteiger partial charge in [-0.15, -0.1) is 0 Å². The average molecular weight is 309 g/mol. The van der Waals surface area contributed by atoms with Crippen LogP contribution < -0.4 is 5.32 Å². The van der Waals surface area contributed by atoms with E-state index in [1.807, 2.05) is 32.5 Å². The number of aryl methyl sites for hydroxylation is 2. The lowest BCUT2D eigenvalue weighted by Gasteiger charge is -2.08. The molecule has 1 N–H and O–H groups in total. The van der Waals surface area contributed by atoms with E-state index in [-0.39, 0.29) is 0 Å². The van der Waals surface area contributed by atoms with E-state index in [0.717, 1.165) is 33.9 Å². The van der Waals surface area contributed by atoms with Crippen molar-refractivity contribution in [3.8, 4) is 5.82 Å². The van der Waals surface area contributed by atoms with Gasteiger partial charge in [-0.25, -0.2) is 9.67 Å². The maximum Gasteiger partial charge on any atom is 0.154 e. The molecule has 0 aliphatic rings. The van der Waals surface area contributed by atoms with Crippen LogP contribution in [0.1, 0.15) is 22.6 Å². The van der Waals surface area contributed by atoms with E-state index in [4.69, 9.17) is 0 Å². The zero-order valence-corrected chi connectivity index (χ0v) is 12.7. The highest BCUT2D eigenvalue weighted by Gasteiger charge is 2.12. The van der Waals surface area contributed by atoms with Crippen molar-refractivity contribution in [2.24, 2.45) is 0 Å². The molecule has 4 nitrogen and oxygen atoms in total. The summed E-state index contributed by atoms with van der Waals surface area (Å²) in [6.07, 6.45) is 0. The van der Waals surface area contributed by atoms with Crippen molar-refractivity contribution in [1.29, 1.82) is 0 Å². The summed E-state index contributed by atoms with van der Waals surface area (Å²) in [4.78, 5) is 4.55. The van der Waals surface area contributed by atoms with E-state index in [1.165, 1.54) is 5.56 Å². The number of hydrogen-bond acceptors (Lipinski definition) is 3. The normalized spacial score (nSPS) is 10.9. The Hall–Kier alpha value is -1.20. The minimum Gasteiger partial charge on any atom is -0.316 e. The molecular weight excluding hydrogens is 292 g/mol. The van der Waals surface area contributed by atoms with E-state index >= 15 is 0 Å². The van der Waals surface area contributed by atoms with Gasteiger partial charge in [0.25, 0.3) is 0 Å². The van der Waals surface area contributed by atoms with Crippen LogP contribution in [0.2, 0.25) is 0 Å². The minimum atomic E-state index is 0.830. The molecule has 0 spiro atoms. The number of pyridine rings is 1. The summed E-state index contributed by atoms with van der Waals surface area (Å²) in [5.74, 6) is 0.867. The topological polar surface area (TPSA) is 42.7 Å². The fourth-order valence-corrected chi connectivity index (χ4v) is 2.23. The molecular formula is C13H17BrN4. The van der Waals surface area contributed by atoms with Crippen molar-refractivity contribution in [2.45, 2.75) is 27.3 Å². The average Bonchev–Trinajstić information content (AvgIpc) is 2.57. The Labute approximate surface area is 116 Å². The molecule has 0 atom stereocenters. The monoisotopic (exact) mass is 308 g/mol. The smallest absolute Gasteiger partial charge is 0.154 e. The molecule has 5 heteroatoms. The van der Waals surface area contributed by atoms with Crippen molar-refractivity contribution in [1.82, 2.24) is 20.1 Å². The third-order valence-corrected chi connectivity index (χ3v) is 3.95. The molecule has 0 saturated heterocycles. The molecule has 2 aromatic heterocycles. The van der Waals surface area contributed by atoms with Crippen LogP contribution in [-0.4, -0.2) is 21.8 Å². The number of hydrogen-bond donors (Lipinski definition) is 1. The molecule has 2 rings (SSSR count). The Morgan fingerprint density at radius 1 is 1.28 bits per heavy atom. The van der Waals surface area contributed by atoms with Crippen molar-refractivity contribution in [3.63, 3.8) is 0 Å². The van der Waals surface area contributed by atoms with Crippen LogP contribution in [0.4, 0.5) is 0 Å². The maximum absolute atomic E-state index is 4.55. The lowest BCUT2D eigenvalue weighted by atomic mass is 10.2. The van der Waals surface area contributed by atoms with Gasteiger partial charge in [-0.2, -0.15) is 5.10 Å². The van der Waals surface area contributed by atoms with E-state index in [2.05, 4.69) is 43.5 Å². The van der Waals surface area contributed by atoms with Gasteiger partial charge in [-0.05, 0) is 61.4 Å². The van der Waals surface area contributed by atoms with Gasteiger partial charge in [0.2, 0.25) is 0 Å². The highest BCUT2D eigenvalue weighted by atomic mass is 79.9. The Balaban J connectivity index is 2.52. The summed E-state index contributed by atoms with van der Waals surface area (Å²) in [5, 5.41) is 7.66. The van der Waals surface area contributed by atoms with Gasteiger partial charge in [0.15, 0.2) is 5.82 Å². The first-order valence-electron chi connectivity index (χ1n) is 5.87. The summed E-state index contributed by atoms with van der Waals surface area (Å²) in [6.45, 7) is 6.85. The Morgan fingerprint density at radius 3 is 2.56 bits per heavy atom. The third-order valence-electron chi connectivity index (χ3n) is 2.80. The van der Waals surface area contributed by atoms with Crippen LogP contribution >= 0.6 is 15.9 Å². The number of nitrogens with zero attached hydrogens (tertiary/aromatic N) is 3. The third kappa shape index (κ3) is 2.47. The first kappa shape index (κ1) is 13.2. The second-order valence-electron chi connectivity index (χ2n) is 4.40. The molecule has 2 aromatic rings. The van der Waals surface area contributed by atoms with Crippen molar-refractivity contribution >= 4 is 15.9 Å². The molecule has 0 fully saturated rings. The van der Waals surface area contributed by atoms with Gasteiger partial charge >= 0.3 is 0 Å². The SMILES string of the molecule is CNCc1cc(C)nc(-n2nc(C)c(Br)c2C)c1. The van der Waals surface area contributed by atoms with Crippen LogP contribution in [0.15, 0.2) is 16.6 Å². The molecule has 0 amide bonds. The molecule has 2 heterocycles. The largest absolute Gasteiger partial charge is 0.316 e. The predicted molar refractivity (Wildman–Crippen MR) is 76.0 cm³/mol. The summed E-state index contributed by atoms with van der Waals surface area (Å²) < 4.78 is 2.92. The van der Waals surface area contributed by atoms with Gasteiger partial charge in [-0.3, -0.25) is 0 Å². The van der Waals surface area contributed by atoms with E-state index in [1.54, 1.807) is 0 Å². The first-order chi connectivity index (χ1) is 8.52. The molecule has 0 aliphatic heterocycles. The molecule has 0 bridgehead atoms. The summed E-state index contributed by atoms with van der Waals surface area (Å²) >= 11 is 3.54. The van der Waals surface area contributed by atoms with Crippen LogP contribution in [0.25, 0.3) is 5.82 Å². The van der Waals surface area contributed by atoms with Gasteiger partial charge in [0.1, 0.15) is 0 Å². The number of rotatable bonds is 3. The summed E-state index contributed by atoms with van der Waals surface area (Å²) in [7, 11) is 1.94. The molecule has 0 aromatic carbocycles. The molecule has 18 heavy (non-hydrogen) atoms. The first-order valence-corrected chi connectivity index (χ1v) is 6.66. The second kappa shape index (κ2) is 5.20. The standard InChI is InChI=1S/C13H17BrN4/c1-8-5-11(7-15-4)6-12(16-8)18-10(3)13(14)9(2)17-18/h5-6,15H,7H2,1-4H3. The molecule has 0 radical (unpaired) electrons. The molecule has 0 unspecified atom stereocenters. The van der Waals surface area contributed by atoms with Crippen LogP contribution in [0, 0.1) is 20.8 Å². The van der Waals surface area contributed by atoms with Gasteiger partial charge < -0.3 is 5.32 Å². The van der Waals surface area contributed by atoms with E-state index in [9.17, 15) is 0 Å². The van der Waals surface area contributed by atoms with Crippen LogP contribution in [0.3, 0.4) is 0 Å². The lowest BCUT2D eigenvalue weighted by molar-refractivity contribution is 0.780. The number of nitrogens with one attached hydrogen (secondary N) is 1. The van der Waals surface area contributed by atoms with Crippen molar-refractivity contribution in [2.75, 3.05) is 7.05 Å². The summed E-state index contributed by atoms with van der Waals surface area (Å²) in [5.41, 5.74) is 4.26. The van der Waals surface area contributed by atoms with Crippen molar-refractivity contribution in [3.05, 3.63) is 39.3 Å². The molecule has 96 valence electrons. The Morgan fingerprint density at radius 2 is 2.00 bits per heavy atom. The fourth-order valence-electron chi connectivity index (χ4n) is 1.98. The van der Waals surface area contributed by atoms with Gasteiger partial charge in [0, 0.05) is 12.2 Å². The summed E-state index contributed by atoms with van der Waals surface area (Å²) in [6, 6.07) is 4.15. The predicted octanol–water partition coefficient (Wildman–Crippen LogP) is 2.67. The Kier molecular flexibility index (Phi) is 3.82. The number of halogens is 1. The Bertz CT molecular complexity index is 575. The van der Waals surface area contributed by atoms with Crippen LogP contribution in [0.5, 0.6) is 0 Å². The maximum atomic E-state index is 4.55. The highest BCUT2D eigenvalue weighted by molar-refractivity contribution is 9.10. The van der Waals surface area contributed by atoms with Crippen molar-refractivity contribution < 1.29 is 0 Å². The molecule has 0 saturated carbocycles. The number of aromatic nitrogens is 3. The van der Waals surface area contributed by atoms with E-state index in [0.29, 0.717) is 0 Å². The second-order valence-corrected chi connectivity index (χ2v) is 5.19. The van der Waals surface area contributed by atoms with Gasteiger partial charge in [0.05, 0.1) is 15.9 Å². The molecule has 0 aliphatic carbocycles. The zero-order valence-electron chi connectivity index (χ0n) is 11.1. The fraction of sp³-hybridized carbons (Fsp3) is 0.385. The van der Waals surface area contributed by atoms with Crippen LogP contribution in [-0.2, 0) is 6.54 Å². The highest BCUT2D eigenvalue weighted by Crippen LogP contribution is 2.22. The quantitative estimate of drug-likeness (QED) is 0.948. The van der Waals surface area contributed by atoms with Gasteiger partial charge in [-0.1, -0.05) is 0 Å². The lowest BCUT2D eigenvalue weighted by Crippen LogP contribution is -2.09. The zero-order chi connectivity index (χ0) is 13.3. The van der Waals surface area contributed by atoms with E-state index < -0.39 is 0 Å². The minimum absolute atomic E-state index is 0.830.